The first-order chi connectivity index (χ1) is 21.7. The highest BCUT2D eigenvalue weighted by molar-refractivity contribution is 8.15. The number of carbonyl (C=O) groups excluding carboxylic acids is 2. The lowest BCUT2D eigenvalue weighted by molar-refractivity contribution is -0.176. The number of nitrogens with one attached hydrogen (secondary N) is 1. The monoisotopic (exact) mass is 661 g/mol. The lowest BCUT2D eigenvalue weighted by atomic mass is 10.1. The molecule has 3 amide bonds. The summed E-state index contributed by atoms with van der Waals surface area (Å²) in [6.07, 6.45) is -5.80. The molecule has 0 unspecified atom stereocenters. The van der Waals surface area contributed by atoms with Crippen molar-refractivity contribution in [2.45, 2.75) is 32.8 Å². The molecule has 15 heteroatoms. The van der Waals surface area contributed by atoms with Crippen molar-refractivity contribution in [3.63, 3.8) is 0 Å². The van der Waals surface area contributed by atoms with Crippen molar-refractivity contribution in [1.82, 2.24) is 9.55 Å². The standard InChI is InChI=1S/C31H25F6N5O3S/c1-18-3-4-21(14-45-16-30(32,33)34)26(11-18)42-27(43)15-46-29(42)40-28(44)39-24-10-5-20(12-19(24)2)25-13-41(17-38-25)23-8-6-22(7-9-23)31(35,36)37/h3-13,17H,14-16H2,1-2H3,(H,39,44)/b40-29-. The summed E-state index contributed by atoms with van der Waals surface area (Å²) in [5.74, 6) is -0.411. The predicted molar refractivity (Wildman–Crippen MR) is 162 cm³/mol. The Labute approximate surface area is 263 Å². The summed E-state index contributed by atoms with van der Waals surface area (Å²) in [6.45, 7) is 1.65. The van der Waals surface area contributed by atoms with E-state index in [1.165, 1.54) is 23.4 Å². The number of benzene rings is 3. The molecule has 0 aliphatic carbocycles. The molecule has 1 aliphatic rings. The molecule has 46 heavy (non-hydrogen) atoms. The van der Waals surface area contributed by atoms with Gasteiger partial charge in [-0.2, -0.15) is 31.3 Å². The zero-order chi connectivity index (χ0) is 33.2. The van der Waals surface area contributed by atoms with Crippen LogP contribution in [0.3, 0.4) is 0 Å². The van der Waals surface area contributed by atoms with Gasteiger partial charge < -0.3 is 14.6 Å². The van der Waals surface area contributed by atoms with Gasteiger partial charge in [-0.25, -0.2) is 9.78 Å². The number of urea groups is 1. The van der Waals surface area contributed by atoms with Crippen LogP contribution in [0.25, 0.3) is 16.9 Å². The van der Waals surface area contributed by atoms with Crippen molar-refractivity contribution in [3.8, 4) is 16.9 Å². The van der Waals surface area contributed by atoms with E-state index >= 15 is 0 Å². The molecule has 1 aromatic heterocycles. The largest absolute Gasteiger partial charge is 0.416 e. The highest BCUT2D eigenvalue weighted by Crippen LogP contribution is 2.33. The summed E-state index contributed by atoms with van der Waals surface area (Å²) in [5, 5.41) is 2.75. The molecule has 4 aromatic rings. The van der Waals surface area contributed by atoms with Crippen LogP contribution >= 0.6 is 11.8 Å². The van der Waals surface area contributed by atoms with E-state index in [9.17, 15) is 35.9 Å². The summed E-state index contributed by atoms with van der Waals surface area (Å²) in [7, 11) is 0. The van der Waals surface area contributed by atoms with Crippen molar-refractivity contribution in [2.75, 3.05) is 22.6 Å². The van der Waals surface area contributed by atoms with Crippen LogP contribution in [-0.2, 0) is 22.3 Å². The number of ether oxygens (including phenoxy) is 1. The van der Waals surface area contributed by atoms with Crippen molar-refractivity contribution in [3.05, 3.63) is 95.4 Å². The summed E-state index contributed by atoms with van der Waals surface area (Å²) in [4.78, 5) is 35.4. The number of halogens is 6. The fourth-order valence-corrected chi connectivity index (χ4v) is 5.45. The van der Waals surface area contributed by atoms with E-state index in [2.05, 4.69) is 15.3 Å². The molecule has 1 N–H and O–H groups in total. The van der Waals surface area contributed by atoms with E-state index in [4.69, 9.17) is 4.74 Å². The number of hydrogen-bond acceptors (Lipinski definition) is 5. The van der Waals surface area contributed by atoms with Crippen LogP contribution in [0.5, 0.6) is 0 Å². The fraction of sp³-hybridized carbons (Fsp3) is 0.226. The number of hydrogen-bond donors (Lipinski definition) is 1. The second kappa shape index (κ2) is 13.0. The third-order valence-electron chi connectivity index (χ3n) is 6.81. The number of nitrogens with zero attached hydrogens (tertiary/aromatic N) is 4. The number of rotatable bonds is 7. The van der Waals surface area contributed by atoms with Crippen molar-refractivity contribution in [1.29, 1.82) is 0 Å². The van der Waals surface area contributed by atoms with E-state index in [1.807, 2.05) is 0 Å². The van der Waals surface area contributed by atoms with Gasteiger partial charge in [0.15, 0.2) is 5.17 Å². The Hall–Kier alpha value is -4.63. The van der Waals surface area contributed by atoms with Crippen LogP contribution in [0.1, 0.15) is 22.3 Å². The van der Waals surface area contributed by atoms with Gasteiger partial charge in [0.05, 0.1) is 35.6 Å². The lowest BCUT2D eigenvalue weighted by Gasteiger charge is -2.21. The normalized spacial score (nSPS) is 14.7. The van der Waals surface area contributed by atoms with E-state index < -0.39 is 43.1 Å². The maximum absolute atomic E-state index is 13.0. The number of aromatic nitrogens is 2. The Bertz CT molecular complexity index is 1800. The average Bonchev–Trinajstić information content (AvgIpc) is 3.61. The van der Waals surface area contributed by atoms with Gasteiger partial charge in [0.2, 0.25) is 5.91 Å². The van der Waals surface area contributed by atoms with Crippen LogP contribution in [-0.4, -0.2) is 45.2 Å². The van der Waals surface area contributed by atoms with Gasteiger partial charge in [-0.05, 0) is 67.4 Å². The number of anilines is 2. The highest BCUT2D eigenvalue weighted by atomic mass is 32.2. The minimum atomic E-state index is -4.51. The number of carbonyl (C=O) groups is 2. The molecule has 0 saturated carbocycles. The SMILES string of the molecule is Cc1ccc(COCC(F)(F)F)c(N2C(=O)CS/C2=N\C(=O)Nc2ccc(-c3cn(-c4ccc(C(F)(F)F)cc4)cn3)cc2C)c1. The fourth-order valence-electron chi connectivity index (χ4n) is 4.59. The van der Waals surface area contributed by atoms with Crippen LogP contribution in [0.15, 0.2) is 78.2 Å². The molecule has 0 bridgehead atoms. The summed E-state index contributed by atoms with van der Waals surface area (Å²) >= 11 is 1.02. The topological polar surface area (TPSA) is 88.8 Å². The first-order valence-electron chi connectivity index (χ1n) is 13.6. The molecule has 1 aliphatic heterocycles. The first-order valence-corrected chi connectivity index (χ1v) is 14.6. The quantitative estimate of drug-likeness (QED) is 0.203. The second-order valence-electron chi connectivity index (χ2n) is 10.3. The van der Waals surface area contributed by atoms with Gasteiger partial charge in [-0.3, -0.25) is 9.69 Å². The zero-order valence-corrected chi connectivity index (χ0v) is 25.1. The molecule has 1 fully saturated rings. The van der Waals surface area contributed by atoms with Crippen molar-refractivity contribution in [2.24, 2.45) is 4.99 Å². The van der Waals surface area contributed by atoms with Gasteiger partial charge in [-0.1, -0.05) is 30.0 Å². The lowest BCUT2D eigenvalue weighted by Crippen LogP contribution is -2.31. The molecule has 0 radical (unpaired) electrons. The third-order valence-corrected chi connectivity index (χ3v) is 7.73. The number of imidazole rings is 1. The first kappa shape index (κ1) is 32.8. The maximum Gasteiger partial charge on any atom is 0.416 e. The Balaban J connectivity index is 1.30. The van der Waals surface area contributed by atoms with Crippen LogP contribution in [0.2, 0.25) is 0 Å². The number of thioether (sulfide) groups is 1. The van der Waals surface area contributed by atoms with Gasteiger partial charge in [0.25, 0.3) is 0 Å². The van der Waals surface area contributed by atoms with Crippen LogP contribution in [0.4, 0.5) is 42.5 Å². The molecular weight excluding hydrogens is 636 g/mol. The van der Waals surface area contributed by atoms with E-state index in [0.29, 0.717) is 33.8 Å². The smallest absolute Gasteiger partial charge is 0.367 e. The van der Waals surface area contributed by atoms with Crippen molar-refractivity contribution >= 4 is 40.2 Å². The van der Waals surface area contributed by atoms with Gasteiger partial charge in [0, 0.05) is 28.7 Å². The molecule has 1 saturated heterocycles. The molecule has 0 atom stereocenters. The molecule has 3 aromatic carbocycles. The molecule has 240 valence electrons. The van der Waals surface area contributed by atoms with Gasteiger partial charge >= 0.3 is 18.4 Å². The molecule has 8 nitrogen and oxygen atoms in total. The average molecular weight is 662 g/mol. The number of aliphatic imine (C=N–C) groups is 1. The van der Waals surface area contributed by atoms with E-state index in [-0.39, 0.29) is 16.6 Å². The van der Waals surface area contributed by atoms with E-state index in [1.54, 1.807) is 61.0 Å². The van der Waals surface area contributed by atoms with Gasteiger partial charge in [0.1, 0.15) is 6.61 Å². The summed E-state index contributed by atoms with van der Waals surface area (Å²) in [5.41, 5.74) is 3.41. The summed E-state index contributed by atoms with van der Waals surface area (Å²) < 4.78 is 83.0. The zero-order valence-electron chi connectivity index (χ0n) is 24.2. The maximum atomic E-state index is 13.0. The second-order valence-corrected chi connectivity index (χ2v) is 11.3. The van der Waals surface area contributed by atoms with Gasteiger partial charge in [-0.15, -0.1) is 0 Å². The minimum Gasteiger partial charge on any atom is -0.367 e. The Morgan fingerprint density at radius 3 is 2.43 bits per heavy atom. The van der Waals surface area contributed by atoms with Crippen molar-refractivity contribution < 1.29 is 40.7 Å². The minimum absolute atomic E-state index is 0.0181. The number of alkyl halides is 6. The Morgan fingerprint density at radius 1 is 1.02 bits per heavy atom. The Morgan fingerprint density at radius 2 is 1.76 bits per heavy atom. The number of amidine groups is 1. The Kier molecular flexibility index (Phi) is 9.26. The number of amides is 3. The molecule has 0 spiro atoms. The van der Waals surface area contributed by atoms with Crippen LogP contribution < -0.4 is 10.2 Å². The van der Waals surface area contributed by atoms with Crippen LogP contribution in [0, 0.1) is 13.8 Å². The molecular formula is C31H25F6N5O3S. The number of aryl methyl sites for hydroxylation is 2. The predicted octanol–water partition coefficient (Wildman–Crippen LogP) is 7.92. The highest BCUT2D eigenvalue weighted by Gasteiger charge is 2.33. The molecule has 5 rings (SSSR count). The summed E-state index contributed by atoms with van der Waals surface area (Å²) in [6, 6.07) is 13.9. The third kappa shape index (κ3) is 7.77. The molecule has 2 heterocycles. The van der Waals surface area contributed by atoms with E-state index in [0.717, 1.165) is 29.5 Å².